The molecular formula is C24H26FN3O. The van der Waals surface area contributed by atoms with Crippen LogP contribution in [0.2, 0.25) is 0 Å². The highest BCUT2D eigenvalue weighted by molar-refractivity contribution is 5.85. The highest BCUT2D eigenvalue weighted by Gasteiger charge is 2.19. The van der Waals surface area contributed by atoms with Gasteiger partial charge < -0.3 is 5.32 Å². The molecule has 0 bridgehead atoms. The van der Waals surface area contributed by atoms with Crippen molar-refractivity contribution in [3.8, 4) is 0 Å². The van der Waals surface area contributed by atoms with Crippen molar-refractivity contribution in [3.63, 3.8) is 0 Å². The number of carbonyl (C=O) groups excluding carboxylic acids is 1. The minimum absolute atomic E-state index is 0.0110. The molecule has 3 aromatic rings. The molecule has 1 amide bonds. The number of amides is 1. The second-order valence-corrected chi connectivity index (χ2v) is 7.59. The fourth-order valence-corrected chi connectivity index (χ4v) is 3.84. The number of piperazine rings is 1. The number of nitrogens with one attached hydrogen (secondary N) is 1. The first-order chi connectivity index (χ1) is 14.2. The zero-order valence-corrected chi connectivity index (χ0v) is 16.5. The quantitative estimate of drug-likeness (QED) is 0.700. The summed E-state index contributed by atoms with van der Waals surface area (Å²) in [6, 6.07) is 21.2. The third-order valence-corrected chi connectivity index (χ3v) is 5.51. The van der Waals surface area contributed by atoms with E-state index in [9.17, 15) is 9.18 Å². The molecule has 1 aliphatic rings. The van der Waals surface area contributed by atoms with Crippen molar-refractivity contribution in [2.24, 2.45) is 0 Å². The molecule has 1 N–H and O–H groups in total. The van der Waals surface area contributed by atoms with E-state index in [-0.39, 0.29) is 11.7 Å². The molecule has 3 aromatic carbocycles. The number of benzene rings is 3. The zero-order chi connectivity index (χ0) is 20.1. The van der Waals surface area contributed by atoms with Gasteiger partial charge in [-0.05, 0) is 34.0 Å². The second kappa shape index (κ2) is 9.16. The maximum atomic E-state index is 12.9. The van der Waals surface area contributed by atoms with Crippen LogP contribution < -0.4 is 5.32 Å². The Morgan fingerprint density at radius 3 is 2.34 bits per heavy atom. The van der Waals surface area contributed by atoms with E-state index < -0.39 is 0 Å². The molecule has 4 nitrogen and oxygen atoms in total. The van der Waals surface area contributed by atoms with E-state index in [4.69, 9.17) is 0 Å². The number of carbonyl (C=O) groups is 1. The van der Waals surface area contributed by atoms with E-state index in [0.717, 1.165) is 38.3 Å². The largest absolute Gasteiger partial charge is 0.351 e. The molecule has 29 heavy (non-hydrogen) atoms. The van der Waals surface area contributed by atoms with Gasteiger partial charge in [-0.2, -0.15) is 0 Å². The average molecular weight is 391 g/mol. The lowest BCUT2D eigenvalue weighted by Gasteiger charge is -2.34. The monoisotopic (exact) mass is 391 g/mol. The molecule has 5 heteroatoms. The average Bonchev–Trinajstić information content (AvgIpc) is 2.75. The van der Waals surface area contributed by atoms with Crippen molar-refractivity contribution in [1.29, 1.82) is 0 Å². The van der Waals surface area contributed by atoms with E-state index in [2.05, 4.69) is 57.6 Å². The van der Waals surface area contributed by atoms with Gasteiger partial charge in [0.25, 0.3) is 0 Å². The molecule has 0 unspecified atom stereocenters. The van der Waals surface area contributed by atoms with Crippen molar-refractivity contribution in [3.05, 3.63) is 83.7 Å². The minimum atomic E-state index is -0.263. The maximum absolute atomic E-state index is 12.9. The number of rotatable bonds is 6. The number of fused-ring (bicyclic) bond motifs is 1. The Hall–Kier alpha value is -2.76. The molecule has 0 atom stereocenters. The van der Waals surface area contributed by atoms with E-state index in [1.165, 1.54) is 28.5 Å². The first kappa shape index (κ1) is 19.6. The molecule has 4 rings (SSSR count). The lowest BCUT2D eigenvalue weighted by molar-refractivity contribution is -0.122. The van der Waals surface area contributed by atoms with E-state index >= 15 is 0 Å². The fraction of sp³-hybridized carbons (Fsp3) is 0.292. The molecule has 1 fully saturated rings. The molecule has 0 spiro atoms. The van der Waals surface area contributed by atoms with Crippen LogP contribution in [0.4, 0.5) is 4.39 Å². The summed E-state index contributed by atoms with van der Waals surface area (Å²) < 4.78 is 12.9. The van der Waals surface area contributed by atoms with Gasteiger partial charge in [0.1, 0.15) is 5.82 Å². The van der Waals surface area contributed by atoms with Crippen molar-refractivity contribution in [2.45, 2.75) is 13.1 Å². The summed E-state index contributed by atoms with van der Waals surface area (Å²) in [6.07, 6.45) is 0. The molecule has 1 aliphatic heterocycles. The predicted octanol–water partition coefficient (Wildman–Crippen LogP) is 3.41. The molecule has 150 valence electrons. The third-order valence-electron chi connectivity index (χ3n) is 5.51. The van der Waals surface area contributed by atoms with Crippen LogP contribution >= 0.6 is 0 Å². The summed E-state index contributed by atoms with van der Waals surface area (Å²) in [7, 11) is 0. The van der Waals surface area contributed by atoms with Crippen LogP contribution in [0.3, 0.4) is 0 Å². The van der Waals surface area contributed by atoms with Gasteiger partial charge in [-0.25, -0.2) is 4.39 Å². The molecular weight excluding hydrogens is 365 g/mol. The third kappa shape index (κ3) is 5.19. The van der Waals surface area contributed by atoms with Crippen molar-refractivity contribution in [2.75, 3.05) is 32.7 Å². The Labute approximate surface area is 170 Å². The van der Waals surface area contributed by atoms with Gasteiger partial charge in [0.15, 0.2) is 0 Å². The molecule has 0 radical (unpaired) electrons. The highest BCUT2D eigenvalue weighted by Crippen LogP contribution is 2.20. The van der Waals surface area contributed by atoms with E-state index in [1.54, 1.807) is 12.1 Å². The van der Waals surface area contributed by atoms with Crippen molar-refractivity contribution in [1.82, 2.24) is 15.1 Å². The number of halogens is 1. The molecule has 0 aliphatic carbocycles. The standard InChI is InChI=1S/C24H26FN3O/c25-22-10-8-19(9-11-22)16-26-24(29)18-28-14-12-27(13-15-28)17-21-6-3-5-20-4-1-2-7-23(20)21/h1-11H,12-18H2,(H,26,29). The number of hydrogen-bond donors (Lipinski definition) is 1. The Balaban J connectivity index is 1.24. The first-order valence-corrected chi connectivity index (χ1v) is 10.1. The Kier molecular flexibility index (Phi) is 6.17. The molecule has 1 saturated heterocycles. The van der Waals surface area contributed by atoms with Crippen LogP contribution in [0.1, 0.15) is 11.1 Å². The second-order valence-electron chi connectivity index (χ2n) is 7.59. The first-order valence-electron chi connectivity index (χ1n) is 10.1. The lowest BCUT2D eigenvalue weighted by Crippen LogP contribution is -2.49. The van der Waals surface area contributed by atoms with Crippen LogP contribution in [-0.4, -0.2) is 48.4 Å². The number of hydrogen-bond acceptors (Lipinski definition) is 3. The summed E-state index contributed by atoms with van der Waals surface area (Å²) in [4.78, 5) is 16.9. The van der Waals surface area contributed by atoms with Gasteiger partial charge in [-0.1, -0.05) is 54.6 Å². The van der Waals surface area contributed by atoms with Crippen molar-refractivity contribution >= 4 is 16.7 Å². The normalized spacial score (nSPS) is 15.5. The van der Waals surface area contributed by atoms with Crippen LogP contribution in [0, 0.1) is 5.82 Å². The molecule has 0 saturated carbocycles. The SMILES string of the molecule is O=C(CN1CCN(Cc2cccc3ccccc23)CC1)NCc1ccc(F)cc1. The van der Waals surface area contributed by atoms with Gasteiger partial charge in [0.05, 0.1) is 6.54 Å². The minimum Gasteiger partial charge on any atom is -0.351 e. The molecule has 1 heterocycles. The summed E-state index contributed by atoms with van der Waals surface area (Å²) in [5.74, 6) is -0.252. The summed E-state index contributed by atoms with van der Waals surface area (Å²) >= 11 is 0. The van der Waals surface area contributed by atoms with Crippen LogP contribution in [0.25, 0.3) is 10.8 Å². The Morgan fingerprint density at radius 1 is 0.862 bits per heavy atom. The highest BCUT2D eigenvalue weighted by atomic mass is 19.1. The summed E-state index contributed by atoms with van der Waals surface area (Å²) in [5, 5.41) is 5.52. The summed E-state index contributed by atoms with van der Waals surface area (Å²) in [5.41, 5.74) is 2.26. The maximum Gasteiger partial charge on any atom is 0.234 e. The van der Waals surface area contributed by atoms with Crippen LogP contribution in [0.15, 0.2) is 66.7 Å². The smallest absolute Gasteiger partial charge is 0.234 e. The Morgan fingerprint density at radius 2 is 1.55 bits per heavy atom. The zero-order valence-electron chi connectivity index (χ0n) is 16.5. The van der Waals surface area contributed by atoms with Gasteiger partial charge in [0, 0.05) is 39.3 Å². The lowest BCUT2D eigenvalue weighted by atomic mass is 10.0. The summed E-state index contributed by atoms with van der Waals surface area (Å²) in [6.45, 7) is 5.45. The number of nitrogens with zero attached hydrogens (tertiary/aromatic N) is 2. The topological polar surface area (TPSA) is 35.6 Å². The van der Waals surface area contributed by atoms with E-state index in [1.807, 2.05) is 0 Å². The predicted molar refractivity (Wildman–Crippen MR) is 114 cm³/mol. The van der Waals surface area contributed by atoms with E-state index in [0.29, 0.717) is 13.1 Å². The van der Waals surface area contributed by atoms with Crippen LogP contribution in [-0.2, 0) is 17.9 Å². The van der Waals surface area contributed by atoms with Gasteiger partial charge in [-0.15, -0.1) is 0 Å². The van der Waals surface area contributed by atoms with Gasteiger partial charge >= 0.3 is 0 Å². The van der Waals surface area contributed by atoms with Crippen LogP contribution in [0.5, 0.6) is 0 Å². The molecule has 0 aromatic heterocycles. The van der Waals surface area contributed by atoms with Crippen molar-refractivity contribution < 1.29 is 9.18 Å². The van der Waals surface area contributed by atoms with Gasteiger partial charge in [0.2, 0.25) is 5.91 Å². The van der Waals surface area contributed by atoms with Gasteiger partial charge in [-0.3, -0.25) is 14.6 Å². The fourth-order valence-electron chi connectivity index (χ4n) is 3.84. The Bertz CT molecular complexity index is 960.